The van der Waals surface area contributed by atoms with Crippen LogP contribution in [0.4, 0.5) is 0 Å². The molecule has 232 valence electrons. The summed E-state index contributed by atoms with van der Waals surface area (Å²) in [5, 5.41) is 30.9. The molecule has 4 aliphatic carbocycles. The smallest absolute Gasteiger partial charge is 0.175 e. The molecular formula is C36H43N3O4S. The number of aromatic nitrogens is 3. The normalized spacial score (nSPS) is 36.7. The molecule has 8 heteroatoms. The van der Waals surface area contributed by atoms with Crippen molar-refractivity contribution in [3.8, 4) is 0 Å². The lowest BCUT2D eigenvalue weighted by atomic mass is 9.45. The minimum absolute atomic E-state index is 0.105. The van der Waals surface area contributed by atoms with Crippen LogP contribution in [0.3, 0.4) is 0 Å². The van der Waals surface area contributed by atoms with E-state index in [1.54, 1.807) is 0 Å². The highest BCUT2D eigenvalue weighted by Gasteiger charge is 2.68. The number of aliphatic hydroxyl groups is 2. The van der Waals surface area contributed by atoms with Gasteiger partial charge in [-0.25, -0.2) is 4.98 Å². The molecule has 2 N–H and O–H groups in total. The number of benzene rings is 1. The van der Waals surface area contributed by atoms with Crippen molar-refractivity contribution >= 4 is 34.5 Å². The first-order valence-electron chi connectivity index (χ1n) is 16.5. The number of para-hydroxylation sites is 1. The minimum Gasteiger partial charge on any atom is -0.393 e. The second kappa shape index (κ2) is 10.5. The lowest BCUT2D eigenvalue weighted by molar-refractivity contribution is -0.177. The molecule has 1 saturated heterocycles. The third-order valence-electron chi connectivity index (χ3n) is 12.5. The topological polar surface area (TPSA) is 97.5 Å². The molecule has 5 unspecified atom stereocenters. The lowest BCUT2D eigenvalue weighted by Crippen LogP contribution is -2.62. The first-order chi connectivity index (χ1) is 21.2. The van der Waals surface area contributed by atoms with Crippen molar-refractivity contribution in [2.75, 3.05) is 19.0 Å². The zero-order valence-corrected chi connectivity index (χ0v) is 26.6. The predicted octanol–water partition coefficient (Wildman–Crippen LogP) is 6.03. The molecule has 1 aromatic carbocycles. The number of ketones is 1. The number of hydrogen-bond donors (Lipinski definition) is 2. The number of ether oxygens (including phenoxy) is 1. The van der Waals surface area contributed by atoms with E-state index >= 15 is 0 Å². The quantitative estimate of drug-likeness (QED) is 0.339. The summed E-state index contributed by atoms with van der Waals surface area (Å²) in [6.07, 6.45) is 10.5. The fourth-order valence-electron chi connectivity index (χ4n) is 10.3. The summed E-state index contributed by atoms with van der Waals surface area (Å²) in [6.45, 7) is 6.02. The van der Waals surface area contributed by atoms with Crippen molar-refractivity contribution in [2.24, 2.45) is 28.6 Å². The SMILES string of the molecule is CC12Cc3cnn(C4CCOCC4)c3C=C1CCC1C2[C@@H](O)CC2(C)C1CC[C@]2(O)C(=O)CSc1ccc2ccccc2n1. The van der Waals surface area contributed by atoms with Crippen LogP contribution in [0.25, 0.3) is 17.0 Å². The van der Waals surface area contributed by atoms with Crippen LogP contribution in [-0.4, -0.2) is 61.4 Å². The monoisotopic (exact) mass is 613 g/mol. The predicted molar refractivity (Wildman–Crippen MR) is 171 cm³/mol. The van der Waals surface area contributed by atoms with Gasteiger partial charge in [0.25, 0.3) is 0 Å². The molecule has 2 aromatic heterocycles. The van der Waals surface area contributed by atoms with Crippen molar-refractivity contribution in [1.29, 1.82) is 0 Å². The highest BCUT2D eigenvalue weighted by Crippen LogP contribution is 2.67. The zero-order valence-electron chi connectivity index (χ0n) is 25.7. The van der Waals surface area contributed by atoms with E-state index in [1.165, 1.54) is 28.6 Å². The molecule has 0 bridgehead atoms. The summed E-state index contributed by atoms with van der Waals surface area (Å²) in [5.41, 5.74) is 2.64. The molecule has 8 rings (SSSR count). The first-order valence-corrected chi connectivity index (χ1v) is 17.5. The van der Waals surface area contributed by atoms with Gasteiger partial charge in [0.1, 0.15) is 5.60 Å². The molecule has 5 aliphatic rings. The van der Waals surface area contributed by atoms with E-state index < -0.39 is 17.1 Å². The molecule has 7 nitrogen and oxygen atoms in total. The maximum absolute atomic E-state index is 13.9. The molecule has 4 fully saturated rings. The van der Waals surface area contributed by atoms with Crippen LogP contribution in [0.5, 0.6) is 0 Å². The number of allylic oxidation sites excluding steroid dienone is 1. The number of nitrogens with zero attached hydrogens (tertiary/aromatic N) is 3. The van der Waals surface area contributed by atoms with Crippen LogP contribution < -0.4 is 0 Å². The fourth-order valence-corrected chi connectivity index (χ4v) is 11.1. The Morgan fingerprint density at radius 3 is 2.77 bits per heavy atom. The number of carbonyl (C=O) groups is 1. The van der Waals surface area contributed by atoms with Crippen molar-refractivity contribution in [2.45, 2.75) is 88.0 Å². The number of pyridine rings is 1. The van der Waals surface area contributed by atoms with Gasteiger partial charge >= 0.3 is 0 Å². The van der Waals surface area contributed by atoms with Crippen molar-refractivity contribution in [1.82, 2.24) is 14.8 Å². The standard InChI is InChI=1S/C36H43N3O4S/c1-34-18-23-20-37-39(25-12-15-43-16-13-25)29(23)17-24(34)8-9-26-27-11-14-36(42,35(27,2)19-30(40)33(26)34)31(41)21-44-32-10-7-22-5-3-4-6-28(22)38-32/h3-7,10,17,20,25-27,30,33,40,42H,8-9,11-16,18-19,21H2,1-2H3/t26?,27?,30-,33?,34?,35?,36-/m0/s1. The number of aliphatic hydroxyl groups excluding tert-OH is 1. The van der Waals surface area contributed by atoms with Crippen LogP contribution >= 0.6 is 11.8 Å². The number of rotatable bonds is 5. The molecule has 44 heavy (non-hydrogen) atoms. The third kappa shape index (κ3) is 4.24. The van der Waals surface area contributed by atoms with Crippen LogP contribution in [-0.2, 0) is 16.0 Å². The Labute approximate surface area is 263 Å². The van der Waals surface area contributed by atoms with Crippen LogP contribution in [0, 0.1) is 28.6 Å². The molecule has 0 spiro atoms. The van der Waals surface area contributed by atoms with E-state index in [0.29, 0.717) is 18.9 Å². The Morgan fingerprint density at radius 1 is 1.11 bits per heavy atom. The van der Waals surface area contributed by atoms with Gasteiger partial charge in [-0.1, -0.05) is 55.4 Å². The van der Waals surface area contributed by atoms with E-state index in [0.717, 1.165) is 67.7 Å². The van der Waals surface area contributed by atoms with Crippen LogP contribution in [0.1, 0.15) is 76.1 Å². The van der Waals surface area contributed by atoms with Gasteiger partial charge in [-0.15, -0.1) is 0 Å². The maximum atomic E-state index is 13.9. The van der Waals surface area contributed by atoms with Gasteiger partial charge in [-0.2, -0.15) is 5.10 Å². The minimum atomic E-state index is -1.44. The highest BCUT2D eigenvalue weighted by molar-refractivity contribution is 7.99. The number of fused-ring (bicyclic) bond motifs is 7. The molecule has 1 aliphatic heterocycles. The maximum Gasteiger partial charge on any atom is 0.175 e. The highest BCUT2D eigenvalue weighted by atomic mass is 32.2. The Hall–Kier alpha value is -2.52. The average Bonchev–Trinajstić information content (AvgIpc) is 3.55. The summed E-state index contributed by atoms with van der Waals surface area (Å²) in [6, 6.07) is 12.3. The Kier molecular flexibility index (Phi) is 6.91. The lowest BCUT2D eigenvalue weighted by Gasteiger charge is -2.60. The number of Topliss-reactive ketones (excluding diaryl/α,β-unsaturated/α-hetero) is 1. The zero-order chi connectivity index (χ0) is 30.3. The summed E-state index contributed by atoms with van der Waals surface area (Å²) >= 11 is 1.40. The summed E-state index contributed by atoms with van der Waals surface area (Å²) in [5.74, 6) is 0.638. The van der Waals surface area contributed by atoms with Gasteiger partial charge in [0.15, 0.2) is 5.78 Å². The van der Waals surface area contributed by atoms with Crippen LogP contribution in [0.2, 0.25) is 0 Å². The van der Waals surface area contributed by atoms with Gasteiger partial charge in [0, 0.05) is 24.0 Å². The van der Waals surface area contributed by atoms with E-state index in [4.69, 9.17) is 14.8 Å². The molecule has 3 heterocycles. The first kappa shape index (κ1) is 28.9. The van der Waals surface area contributed by atoms with Crippen molar-refractivity contribution in [3.05, 3.63) is 59.4 Å². The van der Waals surface area contributed by atoms with Crippen LogP contribution in [0.15, 0.2) is 53.2 Å². The Bertz CT molecular complexity index is 1650. The van der Waals surface area contributed by atoms with E-state index in [-0.39, 0.29) is 34.7 Å². The van der Waals surface area contributed by atoms with E-state index in [1.807, 2.05) is 36.4 Å². The molecule has 0 amide bonds. The van der Waals surface area contributed by atoms with Crippen molar-refractivity contribution < 1.29 is 19.7 Å². The third-order valence-corrected chi connectivity index (χ3v) is 13.5. The molecular weight excluding hydrogens is 570 g/mol. The van der Waals surface area contributed by atoms with E-state index in [9.17, 15) is 15.0 Å². The molecule has 7 atom stereocenters. The number of hydrogen-bond acceptors (Lipinski definition) is 7. The van der Waals surface area contributed by atoms with Gasteiger partial charge in [0.05, 0.1) is 40.3 Å². The summed E-state index contributed by atoms with van der Waals surface area (Å²) in [7, 11) is 0. The number of carbonyl (C=O) groups excluding carboxylic acids is 1. The molecule has 3 saturated carbocycles. The molecule has 0 radical (unpaired) electrons. The van der Waals surface area contributed by atoms with E-state index in [2.05, 4.69) is 30.8 Å². The van der Waals surface area contributed by atoms with Gasteiger partial charge in [0.2, 0.25) is 0 Å². The average molecular weight is 614 g/mol. The fraction of sp³-hybridized carbons (Fsp3) is 0.583. The Balaban J connectivity index is 1.03. The Morgan fingerprint density at radius 2 is 1.93 bits per heavy atom. The summed E-state index contributed by atoms with van der Waals surface area (Å²) < 4.78 is 7.84. The second-order valence-corrected chi connectivity index (χ2v) is 15.6. The van der Waals surface area contributed by atoms with Crippen molar-refractivity contribution in [3.63, 3.8) is 0 Å². The van der Waals surface area contributed by atoms with Gasteiger partial charge in [-0.3, -0.25) is 9.48 Å². The molecule has 3 aromatic rings. The van der Waals surface area contributed by atoms with Gasteiger partial charge < -0.3 is 14.9 Å². The second-order valence-electron chi connectivity index (χ2n) is 14.6. The number of thioether (sulfide) groups is 1. The largest absolute Gasteiger partial charge is 0.393 e. The van der Waals surface area contributed by atoms with Gasteiger partial charge in [-0.05, 0) is 98.3 Å². The summed E-state index contributed by atoms with van der Waals surface area (Å²) in [4.78, 5) is 18.6.